The summed E-state index contributed by atoms with van der Waals surface area (Å²) in [5, 5.41) is 2.91. The summed E-state index contributed by atoms with van der Waals surface area (Å²) < 4.78 is 0. The van der Waals surface area contributed by atoms with Gasteiger partial charge in [-0.2, -0.15) is 0 Å². The lowest BCUT2D eigenvalue weighted by Gasteiger charge is -2.32. The second-order valence-electron chi connectivity index (χ2n) is 5.45. The molecule has 1 saturated carbocycles. The molecule has 17 heavy (non-hydrogen) atoms. The number of nitrogens with one attached hydrogen (secondary N) is 1. The van der Waals surface area contributed by atoms with E-state index in [1.54, 1.807) is 0 Å². The van der Waals surface area contributed by atoms with Gasteiger partial charge in [0.2, 0.25) is 5.91 Å². The Bertz CT molecular complexity index is 253. The molecular formula is C13H25N3O. The fraction of sp³-hybridized carbons (Fsp3) is 0.923. The molecule has 1 aliphatic heterocycles. The molecular weight excluding hydrogens is 214 g/mol. The first kappa shape index (κ1) is 12.8. The SMILES string of the molecule is NCCNC(=O)C1CCCN(CCC2CC2)C1. The molecule has 4 nitrogen and oxygen atoms in total. The molecule has 0 aromatic heterocycles. The van der Waals surface area contributed by atoms with Crippen LogP contribution in [0.5, 0.6) is 0 Å². The lowest BCUT2D eigenvalue weighted by molar-refractivity contribution is -0.126. The molecule has 0 aromatic carbocycles. The fourth-order valence-electron chi connectivity index (χ4n) is 2.58. The molecule has 1 amide bonds. The van der Waals surface area contributed by atoms with Crippen molar-refractivity contribution in [1.29, 1.82) is 0 Å². The summed E-state index contributed by atoms with van der Waals surface area (Å²) in [7, 11) is 0. The molecule has 2 rings (SSSR count). The monoisotopic (exact) mass is 239 g/mol. The quantitative estimate of drug-likeness (QED) is 0.712. The Kier molecular flexibility index (Phi) is 4.80. The average molecular weight is 239 g/mol. The molecule has 0 bridgehead atoms. The van der Waals surface area contributed by atoms with Crippen molar-refractivity contribution < 1.29 is 4.79 Å². The van der Waals surface area contributed by atoms with E-state index in [0.717, 1.165) is 25.3 Å². The van der Waals surface area contributed by atoms with Crippen LogP contribution in [-0.2, 0) is 4.79 Å². The van der Waals surface area contributed by atoms with E-state index in [0.29, 0.717) is 13.1 Å². The van der Waals surface area contributed by atoms with Crippen LogP contribution in [0.2, 0.25) is 0 Å². The molecule has 3 N–H and O–H groups in total. The third-order valence-electron chi connectivity index (χ3n) is 3.87. The third kappa shape index (κ3) is 4.28. The molecule has 2 fully saturated rings. The number of hydrogen-bond donors (Lipinski definition) is 2. The largest absolute Gasteiger partial charge is 0.355 e. The van der Waals surface area contributed by atoms with Gasteiger partial charge in [0, 0.05) is 19.6 Å². The number of nitrogens with zero attached hydrogens (tertiary/aromatic N) is 1. The van der Waals surface area contributed by atoms with Crippen molar-refractivity contribution in [3.8, 4) is 0 Å². The Balaban J connectivity index is 1.69. The van der Waals surface area contributed by atoms with Gasteiger partial charge < -0.3 is 16.0 Å². The van der Waals surface area contributed by atoms with Gasteiger partial charge in [0.15, 0.2) is 0 Å². The first-order chi connectivity index (χ1) is 8.29. The predicted molar refractivity (Wildman–Crippen MR) is 68.6 cm³/mol. The molecule has 98 valence electrons. The number of piperidine rings is 1. The summed E-state index contributed by atoms with van der Waals surface area (Å²) in [6.07, 6.45) is 6.38. The number of nitrogens with two attached hydrogens (primary N) is 1. The van der Waals surface area contributed by atoms with Crippen molar-refractivity contribution >= 4 is 5.91 Å². The standard InChI is InChI=1S/C13H25N3O/c14-6-7-15-13(17)12-2-1-8-16(10-12)9-5-11-3-4-11/h11-12H,1-10,14H2,(H,15,17). The Labute approximate surface area is 104 Å². The predicted octanol–water partition coefficient (Wildman–Crippen LogP) is 0.573. The van der Waals surface area contributed by atoms with Crippen LogP contribution in [0, 0.1) is 11.8 Å². The summed E-state index contributed by atoms with van der Waals surface area (Å²) in [5.41, 5.74) is 5.40. The van der Waals surface area contributed by atoms with E-state index in [1.807, 2.05) is 0 Å². The van der Waals surface area contributed by atoms with Crippen molar-refractivity contribution in [2.45, 2.75) is 32.1 Å². The van der Waals surface area contributed by atoms with E-state index in [-0.39, 0.29) is 11.8 Å². The first-order valence-corrected chi connectivity index (χ1v) is 6.99. The maximum absolute atomic E-state index is 11.9. The van der Waals surface area contributed by atoms with Crippen LogP contribution in [0.15, 0.2) is 0 Å². The highest BCUT2D eigenvalue weighted by atomic mass is 16.1. The van der Waals surface area contributed by atoms with Crippen molar-refractivity contribution in [3.05, 3.63) is 0 Å². The lowest BCUT2D eigenvalue weighted by Crippen LogP contribution is -2.44. The first-order valence-electron chi connectivity index (χ1n) is 6.99. The van der Waals surface area contributed by atoms with Gasteiger partial charge in [0.1, 0.15) is 0 Å². The second-order valence-corrected chi connectivity index (χ2v) is 5.45. The summed E-state index contributed by atoms with van der Waals surface area (Å²) in [6, 6.07) is 0. The average Bonchev–Trinajstić information content (AvgIpc) is 3.18. The van der Waals surface area contributed by atoms with E-state index in [4.69, 9.17) is 5.73 Å². The minimum absolute atomic E-state index is 0.189. The molecule has 1 aliphatic carbocycles. The van der Waals surface area contributed by atoms with Crippen LogP contribution in [0.25, 0.3) is 0 Å². The van der Waals surface area contributed by atoms with Crippen LogP contribution in [0.4, 0.5) is 0 Å². The molecule has 1 saturated heterocycles. The van der Waals surface area contributed by atoms with Gasteiger partial charge in [-0.25, -0.2) is 0 Å². The smallest absolute Gasteiger partial charge is 0.224 e. The number of likely N-dealkylation sites (tertiary alicyclic amines) is 1. The van der Waals surface area contributed by atoms with Crippen molar-refractivity contribution in [1.82, 2.24) is 10.2 Å². The van der Waals surface area contributed by atoms with Crippen molar-refractivity contribution in [2.75, 3.05) is 32.7 Å². The van der Waals surface area contributed by atoms with E-state index < -0.39 is 0 Å². The summed E-state index contributed by atoms with van der Waals surface area (Å²) in [5.74, 6) is 1.38. The number of amides is 1. The highest BCUT2D eigenvalue weighted by Gasteiger charge is 2.27. The Morgan fingerprint density at radius 3 is 2.88 bits per heavy atom. The van der Waals surface area contributed by atoms with Crippen molar-refractivity contribution in [2.24, 2.45) is 17.6 Å². The van der Waals surface area contributed by atoms with E-state index in [9.17, 15) is 4.79 Å². The number of carbonyl (C=O) groups is 1. The fourth-order valence-corrected chi connectivity index (χ4v) is 2.58. The van der Waals surface area contributed by atoms with Gasteiger partial charge in [0.05, 0.1) is 5.92 Å². The highest BCUT2D eigenvalue weighted by Crippen LogP contribution is 2.32. The third-order valence-corrected chi connectivity index (χ3v) is 3.87. The molecule has 0 aromatic rings. The Hall–Kier alpha value is -0.610. The van der Waals surface area contributed by atoms with E-state index in [2.05, 4.69) is 10.2 Å². The van der Waals surface area contributed by atoms with Crippen LogP contribution >= 0.6 is 0 Å². The zero-order valence-electron chi connectivity index (χ0n) is 10.7. The van der Waals surface area contributed by atoms with Gasteiger partial charge in [-0.3, -0.25) is 4.79 Å². The molecule has 0 radical (unpaired) electrons. The van der Waals surface area contributed by atoms with Gasteiger partial charge in [-0.15, -0.1) is 0 Å². The number of rotatable bonds is 6. The summed E-state index contributed by atoms with van der Waals surface area (Å²) >= 11 is 0. The molecule has 0 spiro atoms. The minimum atomic E-state index is 0.189. The molecule has 1 atom stereocenters. The highest BCUT2D eigenvalue weighted by molar-refractivity contribution is 5.78. The maximum atomic E-state index is 11.9. The van der Waals surface area contributed by atoms with Gasteiger partial charge in [-0.05, 0) is 38.3 Å². The van der Waals surface area contributed by atoms with Gasteiger partial charge in [0.25, 0.3) is 0 Å². The Morgan fingerprint density at radius 2 is 2.18 bits per heavy atom. The van der Waals surface area contributed by atoms with Crippen LogP contribution in [-0.4, -0.2) is 43.5 Å². The van der Waals surface area contributed by atoms with E-state index in [1.165, 1.54) is 32.4 Å². The zero-order chi connectivity index (χ0) is 12.1. The maximum Gasteiger partial charge on any atom is 0.224 e. The summed E-state index contributed by atoms with van der Waals surface area (Å²) in [6.45, 7) is 4.45. The van der Waals surface area contributed by atoms with Gasteiger partial charge in [-0.1, -0.05) is 12.8 Å². The molecule has 4 heteroatoms. The summed E-state index contributed by atoms with van der Waals surface area (Å²) in [4.78, 5) is 14.3. The minimum Gasteiger partial charge on any atom is -0.355 e. The molecule has 1 heterocycles. The topological polar surface area (TPSA) is 58.4 Å². The van der Waals surface area contributed by atoms with Crippen LogP contribution in [0.1, 0.15) is 32.1 Å². The Morgan fingerprint density at radius 1 is 1.35 bits per heavy atom. The van der Waals surface area contributed by atoms with Crippen LogP contribution in [0.3, 0.4) is 0 Å². The van der Waals surface area contributed by atoms with Crippen LogP contribution < -0.4 is 11.1 Å². The zero-order valence-corrected chi connectivity index (χ0v) is 10.7. The molecule has 1 unspecified atom stereocenters. The second kappa shape index (κ2) is 6.36. The van der Waals surface area contributed by atoms with Crippen molar-refractivity contribution in [3.63, 3.8) is 0 Å². The number of carbonyl (C=O) groups excluding carboxylic acids is 1. The molecule has 2 aliphatic rings. The van der Waals surface area contributed by atoms with E-state index >= 15 is 0 Å². The lowest BCUT2D eigenvalue weighted by atomic mass is 9.97. The van der Waals surface area contributed by atoms with Gasteiger partial charge >= 0.3 is 0 Å². The number of hydrogen-bond acceptors (Lipinski definition) is 3. The normalized spacial score (nSPS) is 25.8.